The Kier molecular flexibility index (Phi) is 12.5. The van der Waals surface area contributed by atoms with Crippen LogP contribution in [0.25, 0.3) is 0 Å². The SMILES string of the molecule is CCCCCCCCCCCCCC(=O)NC(=S)Nc1ccc(O)cc1. The first kappa shape index (κ1) is 22.4. The van der Waals surface area contributed by atoms with Crippen LogP contribution in [-0.4, -0.2) is 16.1 Å². The molecule has 0 heterocycles. The Hall–Kier alpha value is -1.62. The van der Waals surface area contributed by atoms with Crippen molar-refractivity contribution in [3.63, 3.8) is 0 Å². The zero-order chi connectivity index (χ0) is 19.0. The molecule has 1 aromatic rings. The fraction of sp³-hybridized carbons (Fsp3) is 0.619. The van der Waals surface area contributed by atoms with E-state index in [1.165, 1.54) is 57.8 Å². The first-order valence-corrected chi connectivity index (χ1v) is 10.4. The van der Waals surface area contributed by atoms with Crippen LogP contribution in [0.3, 0.4) is 0 Å². The first-order valence-electron chi connectivity index (χ1n) is 10.0. The molecule has 3 N–H and O–H groups in total. The molecular formula is C21H34N2O2S. The van der Waals surface area contributed by atoms with Gasteiger partial charge >= 0.3 is 0 Å². The van der Waals surface area contributed by atoms with Crippen LogP contribution >= 0.6 is 12.2 Å². The van der Waals surface area contributed by atoms with Gasteiger partial charge in [-0.15, -0.1) is 0 Å². The van der Waals surface area contributed by atoms with Crippen LogP contribution in [0, 0.1) is 0 Å². The second kappa shape index (κ2) is 14.5. The fourth-order valence-electron chi connectivity index (χ4n) is 2.85. The van der Waals surface area contributed by atoms with Gasteiger partial charge in [-0.3, -0.25) is 4.79 Å². The molecule has 146 valence electrons. The largest absolute Gasteiger partial charge is 0.508 e. The molecule has 5 heteroatoms. The molecule has 0 radical (unpaired) electrons. The summed E-state index contributed by atoms with van der Waals surface area (Å²) in [7, 11) is 0. The van der Waals surface area contributed by atoms with Gasteiger partial charge in [-0.2, -0.15) is 0 Å². The number of carbonyl (C=O) groups excluding carboxylic acids is 1. The monoisotopic (exact) mass is 378 g/mol. The van der Waals surface area contributed by atoms with Crippen LogP contribution in [-0.2, 0) is 4.79 Å². The minimum Gasteiger partial charge on any atom is -0.508 e. The molecule has 0 spiro atoms. The lowest BCUT2D eigenvalue weighted by atomic mass is 10.1. The van der Waals surface area contributed by atoms with E-state index in [4.69, 9.17) is 12.2 Å². The van der Waals surface area contributed by atoms with E-state index in [2.05, 4.69) is 17.6 Å². The zero-order valence-electron chi connectivity index (χ0n) is 16.1. The predicted octanol–water partition coefficient (Wildman–Crippen LogP) is 5.91. The van der Waals surface area contributed by atoms with Crippen molar-refractivity contribution >= 4 is 28.9 Å². The van der Waals surface area contributed by atoms with Crippen molar-refractivity contribution in [3.05, 3.63) is 24.3 Å². The van der Waals surface area contributed by atoms with Gasteiger partial charge in [0, 0.05) is 12.1 Å². The molecule has 26 heavy (non-hydrogen) atoms. The summed E-state index contributed by atoms with van der Waals surface area (Å²) < 4.78 is 0. The van der Waals surface area contributed by atoms with Crippen molar-refractivity contribution in [2.75, 3.05) is 5.32 Å². The van der Waals surface area contributed by atoms with Crippen LogP contribution in [0.2, 0.25) is 0 Å². The number of anilines is 1. The molecule has 0 saturated heterocycles. The van der Waals surface area contributed by atoms with Crippen LogP contribution in [0.4, 0.5) is 5.69 Å². The van der Waals surface area contributed by atoms with E-state index < -0.39 is 0 Å². The Bertz CT molecular complexity index is 517. The molecule has 0 aliphatic carbocycles. The smallest absolute Gasteiger partial charge is 0.226 e. The normalized spacial score (nSPS) is 10.5. The van der Waals surface area contributed by atoms with Gasteiger partial charge in [-0.05, 0) is 42.9 Å². The summed E-state index contributed by atoms with van der Waals surface area (Å²) >= 11 is 5.13. The number of thiocarbonyl (C=S) groups is 1. The van der Waals surface area contributed by atoms with E-state index in [0.29, 0.717) is 11.5 Å². The maximum Gasteiger partial charge on any atom is 0.226 e. The van der Waals surface area contributed by atoms with E-state index in [1.54, 1.807) is 24.3 Å². The number of carbonyl (C=O) groups is 1. The second-order valence-electron chi connectivity index (χ2n) is 6.83. The van der Waals surface area contributed by atoms with Gasteiger partial charge in [0.05, 0.1) is 0 Å². The van der Waals surface area contributed by atoms with Crippen molar-refractivity contribution in [1.29, 1.82) is 0 Å². The van der Waals surface area contributed by atoms with Crippen LogP contribution in [0.5, 0.6) is 5.75 Å². The average molecular weight is 379 g/mol. The average Bonchev–Trinajstić information content (AvgIpc) is 2.61. The molecule has 1 amide bonds. The van der Waals surface area contributed by atoms with E-state index in [1.807, 2.05) is 0 Å². The first-order chi connectivity index (χ1) is 12.6. The lowest BCUT2D eigenvalue weighted by molar-refractivity contribution is -0.119. The van der Waals surface area contributed by atoms with Gasteiger partial charge in [0.15, 0.2) is 5.11 Å². The predicted molar refractivity (Wildman–Crippen MR) is 114 cm³/mol. The molecule has 0 saturated carbocycles. The van der Waals surface area contributed by atoms with Gasteiger partial charge in [0.1, 0.15) is 5.75 Å². The highest BCUT2D eigenvalue weighted by Gasteiger charge is 2.05. The highest BCUT2D eigenvalue weighted by Crippen LogP contribution is 2.14. The van der Waals surface area contributed by atoms with Crippen molar-refractivity contribution in [2.45, 2.75) is 84.0 Å². The molecular weight excluding hydrogens is 344 g/mol. The number of phenolic OH excluding ortho intramolecular Hbond substituents is 1. The van der Waals surface area contributed by atoms with Gasteiger partial charge in [-0.25, -0.2) is 0 Å². The third-order valence-corrected chi connectivity index (χ3v) is 4.59. The van der Waals surface area contributed by atoms with E-state index in [9.17, 15) is 9.90 Å². The molecule has 1 aromatic carbocycles. The number of hydrogen-bond donors (Lipinski definition) is 3. The summed E-state index contributed by atoms with van der Waals surface area (Å²) in [5.74, 6) is 0.152. The van der Waals surface area contributed by atoms with Gasteiger partial charge < -0.3 is 15.7 Å². The summed E-state index contributed by atoms with van der Waals surface area (Å²) in [5, 5.41) is 15.2. The van der Waals surface area contributed by atoms with Gasteiger partial charge in [0.25, 0.3) is 0 Å². The minimum absolute atomic E-state index is 0.0443. The lowest BCUT2D eigenvalue weighted by Crippen LogP contribution is -2.33. The summed E-state index contributed by atoms with van der Waals surface area (Å²) in [6, 6.07) is 6.55. The van der Waals surface area contributed by atoms with Crippen molar-refractivity contribution in [3.8, 4) is 5.75 Å². The fourth-order valence-corrected chi connectivity index (χ4v) is 3.08. The number of aromatic hydroxyl groups is 1. The number of rotatable bonds is 13. The van der Waals surface area contributed by atoms with Gasteiger partial charge in [0.2, 0.25) is 5.91 Å². The number of hydrogen-bond acceptors (Lipinski definition) is 3. The van der Waals surface area contributed by atoms with E-state index in [-0.39, 0.29) is 11.7 Å². The molecule has 4 nitrogen and oxygen atoms in total. The van der Waals surface area contributed by atoms with E-state index in [0.717, 1.165) is 18.5 Å². The maximum atomic E-state index is 11.9. The Morgan fingerprint density at radius 1 is 0.885 bits per heavy atom. The van der Waals surface area contributed by atoms with Crippen molar-refractivity contribution in [2.24, 2.45) is 0 Å². The Morgan fingerprint density at radius 3 is 1.92 bits per heavy atom. The Morgan fingerprint density at radius 2 is 1.38 bits per heavy atom. The Labute approximate surface area is 163 Å². The summed E-state index contributed by atoms with van der Waals surface area (Å²) in [4.78, 5) is 11.9. The molecule has 1 rings (SSSR count). The summed E-state index contributed by atoms with van der Waals surface area (Å²) in [5.41, 5.74) is 0.739. The molecule has 0 aliphatic heterocycles. The molecule has 0 atom stereocenters. The number of unbranched alkanes of at least 4 members (excludes halogenated alkanes) is 10. The van der Waals surface area contributed by atoms with Crippen molar-refractivity contribution in [1.82, 2.24) is 5.32 Å². The highest BCUT2D eigenvalue weighted by atomic mass is 32.1. The Balaban J connectivity index is 1.96. The molecule has 0 bridgehead atoms. The van der Waals surface area contributed by atoms with Crippen LogP contribution < -0.4 is 10.6 Å². The number of amides is 1. The van der Waals surface area contributed by atoms with Crippen LogP contribution in [0.1, 0.15) is 84.0 Å². The second-order valence-corrected chi connectivity index (χ2v) is 7.24. The topological polar surface area (TPSA) is 61.4 Å². The van der Waals surface area contributed by atoms with Crippen LogP contribution in [0.15, 0.2) is 24.3 Å². The standard InChI is InChI=1S/C21H34N2O2S/c1-2-3-4-5-6-7-8-9-10-11-12-13-20(25)23-21(26)22-18-14-16-19(24)17-15-18/h14-17,24H,2-13H2,1H3,(H2,22,23,25,26). The number of benzene rings is 1. The summed E-state index contributed by atoms with van der Waals surface area (Å²) in [6.45, 7) is 2.25. The van der Waals surface area contributed by atoms with E-state index >= 15 is 0 Å². The molecule has 0 fully saturated rings. The zero-order valence-corrected chi connectivity index (χ0v) is 16.9. The number of nitrogens with one attached hydrogen (secondary N) is 2. The lowest BCUT2D eigenvalue weighted by Gasteiger charge is -2.09. The van der Waals surface area contributed by atoms with Gasteiger partial charge in [-0.1, -0.05) is 71.1 Å². The quantitative estimate of drug-likeness (QED) is 0.227. The van der Waals surface area contributed by atoms with Crippen molar-refractivity contribution < 1.29 is 9.90 Å². The molecule has 0 unspecified atom stereocenters. The highest BCUT2D eigenvalue weighted by molar-refractivity contribution is 7.80. The third-order valence-electron chi connectivity index (χ3n) is 4.39. The molecule has 0 aromatic heterocycles. The minimum atomic E-state index is -0.0443. The third kappa shape index (κ3) is 11.9. The molecule has 0 aliphatic rings. The maximum absolute atomic E-state index is 11.9. The summed E-state index contributed by atoms with van der Waals surface area (Å²) in [6.07, 6.45) is 14.5. The number of phenols is 1.